The molecule has 1 aromatic rings. The molecule has 2 rings (SSSR count). The minimum absolute atomic E-state index is 0.859. The number of benzene rings is 1. The lowest BCUT2D eigenvalue weighted by Crippen LogP contribution is -2.19. The van der Waals surface area contributed by atoms with E-state index in [0.29, 0.717) is 0 Å². The molecule has 0 unspecified atom stereocenters. The van der Waals surface area contributed by atoms with E-state index in [1.165, 1.54) is 16.7 Å². The van der Waals surface area contributed by atoms with Gasteiger partial charge in [-0.3, -0.25) is 0 Å². The van der Waals surface area contributed by atoms with Crippen molar-refractivity contribution in [2.75, 3.05) is 0 Å². The maximum absolute atomic E-state index is 4.23. The standard InChI is InChI=1S/C14H16N2/c1-3-12-6-5-11(9-13(12)4-2)10-14-15-7-8-16-14/h3,5-9,15H,1,4,10H2,2H3/q+1. The van der Waals surface area contributed by atoms with Crippen LogP contribution >= 0.6 is 0 Å². The van der Waals surface area contributed by atoms with Gasteiger partial charge in [0, 0.05) is 0 Å². The Labute approximate surface area is 96.4 Å². The Hall–Kier alpha value is -1.83. The van der Waals surface area contributed by atoms with Crippen LogP contribution in [0, 0.1) is 0 Å². The Kier molecular flexibility index (Phi) is 3.20. The average molecular weight is 212 g/mol. The Bertz CT molecular complexity index is 456. The molecule has 16 heavy (non-hydrogen) atoms. The largest absolute Gasteiger partial charge is 0.300 e. The fourth-order valence-electron chi connectivity index (χ4n) is 1.86. The van der Waals surface area contributed by atoms with Crippen molar-refractivity contribution in [1.82, 2.24) is 10.3 Å². The van der Waals surface area contributed by atoms with Gasteiger partial charge in [-0.1, -0.05) is 42.8 Å². The summed E-state index contributed by atoms with van der Waals surface area (Å²) in [5.74, 6) is 1.01. The normalized spacial score (nSPS) is 13.4. The molecule has 81 valence electrons. The molecular formula is C14H16N2+. The molecule has 2 heteroatoms. The van der Waals surface area contributed by atoms with E-state index in [1.807, 2.05) is 12.3 Å². The number of aliphatic imine (C=N–C) groups is 1. The second-order valence-electron chi connectivity index (χ2n) is 3.80. The second kappa shape index (κ2) is 4.79. The van der Waals surface area contributed by atoms with E-state index in [1.54, 1.807) is 6.20 Å². The second-order valence-corrected chi connectivity index (χ2v) is 3.80. The first-order valence-electron chi connectivity index (χ1n) is 5.56. The molecule has 1 N–H and O–H groups in total. The van der Waals surface area contributed by atoms with Gasteiger partial charge in [-0.25, -0.2) is 5.32 Å². The van der Waals surface area contributed by atoms with Gasteiger partial charge in [-0.15, -0.1) is 0 Å². The molecule has 0 aliphatic carbocycles. The summed E-state index contributed by atoms with van der Waals surface area (Å²) in [4.78, 5) is 4.23. The molecule has 2 nitrogen and oxygen atoms in total. The molecule has 0 atom stereocenters. The SMILES string of the molecule is C=Cc1ccc(CC2=[N+]C=CN2)cc1CC. The van der Waals surface area contributed by atoms with Crippen LogP contribution in [0.3, 0.4) is 0 Å². The molecule has 0 fully saturated rings. The maximum Gasteiger partial charge on any atom is 0.300 e. The monoisotopic (exact) mass is 212 g/mol. The van der Waals surface area contributed by atoms with Crippen molar-refractivity contribution in [3.8, 4) is 0 Å². The third-order valence-corrected chi connectivity index (χ3v) is 2.73. The Morgan fingerprint density at radius 3 is 2.94 bits per heavy atom. The summed E-state index contributed by atoms with van der Waals surface area (Å²) in [6.45, 7) is 5.99. The van der Waals surface area contributed by atoms with Gasteiger partial charge in [-0.05, 0) is 23.1 Å². The molecule has 0 spiro atoms. The molecule has 1 radical (unpaired) electrons. The van der Waals surface area contributed by atoms with E-state index in [9.17, 15) is 0 Å². The fraction of sp³-hybridized carbons (Fsp3) is 0.214. The van der Waals surface area contributed by atoms with E-state index < -0.39 is 0 Å². The van der Waals surface area contributed by atoms with Crippen molar-refractivity contribution < 1.29 is 0 Å². The summed E-state index contributed by atoms with van der Waals surface area (Å²) < 4.78 is 0. The van der Waals surface area contributed by atoms with Gasteiger partial charge >= 0.3 is 5.84 Å². The van der Waals surface area contributed by atoms with Gasteiger partial charge < -0.3 is 0 Å². The molecule has 1 aromatic carbocycles. The van der Waals surface area contributed by atoms with Crippen LogP contribution in [0.5, 0.6) is 0 Å². The average Bonchev–Trinajstić information content (AvgIpc) is 2.81. The van der Waals surface area contributed by atoms with Crippen molar-refractivity contribution in [1.29, 1.82) is 0 Å². The third-order valence-electron chi connectivity index (χ3n) is 2.73. The number of nitrogens with one attached hydrogen (secondary N) is 1. The zero-order valence-corrected chi connectivity index (χ0v) is 9.53. The van der Waals surface area contributed by atoms with Crippen LogP contribution in [0.4, 0.5) is 0 Å². The number of nitrogens with zero attached hydrogens (tertiary/aromatic N) is 1. The summed E-state index contributed by atoms with van der Waals surface area (Å²) in [7, 11) is 0. The molecule has 0 aromatic heterocycles. The topological polar surface area (TPSA) is 26.1 Å². The summed E-state index contributed by atoms with van der Waals surface area (Å²) >= 11 is 0. The molecule has 1 aliphatic rings. The highest BCUT2D eigenvalue weighted by Crippen LogP contribution is 2.14. The fourth-order valence-corrected chi connectivity index (χ4v) is 1.86. The number of hydrogen-bond donors (Lipinski definition) is 1. The minimum Gasteiger partial charge on any atom is -0.244 e. The lowest BCUT2D eigenvalue weighted by molar-refractivity contribution is 1.11. The minimum atomic E-state index is 0.859. The number of amidine groups is 1. The predicted molar refractivity (Wildman–Crippen MR) is 69.0 cm³/mol. The molecule has 0 bridgehead atoms. The highest BCUT2D eigenvalue weighted by Gasteiger charge is 2.12. The smallest absolute Gasteiger partial charge is 0.244 e. The highest BCUT2D eigenvalue weighted by atomic mass is 15.0. The maximum atomic E-state index is 4.23. The first-order chi connectivity index (χ1) is 7.83. The quantitative estimate of drug-likeness (QED) is 0.814. The molecule has 1 aliphatic heterocycles. The molecule has 1 heterocycles. The number of hydrogen-bond acceptors (Lipinski definition) is 2. The van der Waals surface area contributed by atoms with Crippen LogP contribution in [0.1, 0.15) is 23.6 Å². The molecule has 0 saturated heterocycles. The Balaban J connectivity index is 2.19. The van der Waals surface area contributed by atoms with E-state index in [-0.39, 0.29) is 0 Å². The Morgan fingerprint density at radius 1 is 1.44 bits per heavy atom. The zero-order chi connectivity index (χ0) is 11.4. The van der Waals surface area contributed by atoms with Crippen molar-refractivity contribution in [2.45, 2.75) is 19.8 Å². The van der Waals surface area contributed by atoms with Gasteiger partial charge in [-0.2, -0.15) is 0 Å². The van der Waals surface area contributed by atoms with E-state index in [0.717, 1.165) is 18.7 Å². The number of rotatable bonds is 4. The Morgan fingerprint density at radius 2 is 2.31 bits per heavy atom. The van der Waals surface area contributed by atoms with Crippen LogP contribution in [0.15, 0.2) is 37.2 Å². The van der Waals surface area contributed by atoms with Crippen LogP contribution in [-0.4, -0.2) is 5.84 Å². The van der Waals surface area contributed by atoms with Crippen LogP contribution < -0.4 is 10.3 Å². The van der Waals surface area contributed by atoms with Crippen molar-refractivity contribution in [2.24, 2.45) is 0 Å². The van der Waals surface area contributed by atoms with E-state index >= 15 is 0 Å². The lowest BCUT2D eigenvalue weighted by atomic mass is 10.00. The first-order valence-corrected chi connectivity index (χ1v) is 5.56. The van der Waals surface area contributed by atoms with Crippen molar-refractivity contribution in [3.05, 3.63) is 53.9 Å². The summed E-state index contributed by atoms with van der Waals surface area (Å²) in [5, 5.41) is 3.12. The summed E-state index contributed by atoms with van der Waals surface area (Å²) in [6, 6.07) is 6.50. The van der Waals surface area contributed by atoms with Crippen LogP contribution in [0.25, 0.3) is 6.08 Å². The molecule has 0 amide bonds. The summed E-state index contributed by atoms with van der Waals surface area (Å²) in [5.41, 5.74) is 3.86. The van der Waals surface area contributed by atoms with E-state index in [2.05, 4.69) is 42.0 Å². The summed E-state index contributed by atoms with van der Waals surface area (Å²) in [6.07, 6.45) is 7.45. The van der Waals surface area contributed by atoms with Crippen molar-refractivity contribution in [3.63, 3.8) is 0 Å². The van der Waals surface area contributed by atoms with Gasteiger partial charge in [0.1, 0.15) is 6.20 Å². The third kappa shape index (κ3) is 2.22. The van der Waals surface area contributed by atoms with Gasteiger partial charge in [0.15, 0.2) is 6.20 Å². The molecular weight excluding hydrogens is 196 g/mol. The van der Waals surface area contributed by atoms with E-state index in [4.69, 9.17) is 0 Å². The highest BCUT2D eigenvalue weighted by molar-refractivity contribution is 5.86. The van der Waals surface area contributed by atoms with Gasteiger partial charge in [0.25, 0.3) is 0 Å². The number of aryl methyl sites for hydroxylation is 1. The lowest BCUT2D eigenvalue weighted by Gasteiger charge is -2.05. The van der Waals surface area contributed by atoms with Gasteiger partial charge in [0.05, 0.1) is 6.42 Å². The first kappa shape index (κ1) is 10.7. The van der Waals surface area contributed by atoms with Crippen LogP contribution in [-0.2, 0) is 12.8 Å². The molecule has 0 saturated carbocycles. The van der Waals surface area contributed by atoms with Crippen LogP contribution in [0.2, 0.25) is 0 Å². The van der Waals surface area contributed by atoms with Gasteiger partial charge in [0.2, 0.25) is 0 Å². The predicted octanol–water partition coefficient (Wildman–Crippen LogP) is 2.24. The zero-order valence-electron chi connectivity index (χ0n) is 9.53. The van der Waals surface area contributed by atoms with Crippen molar-refractivity contribution >= 4 is 11.9 Å².